The van der Waals surface area contributed by atoms with Gasteiger partial charge in [-0.25, -0.2) is 0 Å². The molecule has 1 atom stereocenters. The van der Waals surface area contributed by atoms with Gasteiger partial charge < -0.3 is 17.7 Å². The zero-order valence-electron chi connectivity index (χ0n) is 17.9. The average Bonchev–Trinajstić information content (AvgIpc) is 2.31. The van der Waals surface area contributed by atoms with E-state index in [1.807, 2.05) is 0 Å². The molecule has 0 bridgehead atoms. The molecule has 0 saturated carbocycles. The minimum Gasteiger partial charge on any atom is -0.417 e. The number of rotatable bonds is 11. The van der Waals surface area contributed by atoms with E-state index >= 15 is 0 Å². The van der Waals surface area contributed by atoms with E-state index in [1.54, 1.807) is 0 Å². The first kappa shape index (κ1) is 25.0. The maximum Gasteiger partial charge on any atom is 0.472 e. The molecule has 0 aromatic rings. The summed E-state index contributed by atoms with van der Waals surface area (Å²) in [6.45, 7) is 25.9. The van der Waals surface area contributed by atoms with Crippen LogP contribution in [0.4, 0.5) is 0 Å². The minimum absolute atomic E-state index is 0.128. The Hall–Kier alpha value is -0.0425. The third kappa shape index (κ3) is 11.3. The van der Waals surface area contributed by atoms with Gasteiger partial charge in [0.2, 0.25) is 5.91 Å². The number of hydrogen-bond donors (Lipinski definition) is 1. The van der Waals surface area contributed by atoms with E-state index in [-0.39, 0.29) is 11.4 Å². The van der Waals surface area contributed by atoms with Crippen LogP contribution >= 0.6 is 0 Å². The van der Waals surface area contributed by atoms with Crippen LogP contribution in [0.1, 0.15) is 13.3 Å². The lowest BCUT2D eigenvalue weighted by Crippen LogP contribution is -2.62. The maximum absolute atomic E-state index is 11.4. The van der Waals surface area contributed by atoms with E-state index in [0.717, 1.165) is 6.42 Å². The van der Waals surface area contributed by atoms with Gasteiger partial charge in [-0.05, 0) is 71.4 Å². The van der Waals surface area contributed by atoms with Crippen molar-refractivity contribution in [2.75, 3.05) is 6.54 Å². The Kier molecular flexibility index (Phi) is 9.23. The van der Waals surface area contributed by atoms with Crippen molar-refractivity contribution in [2.24, 2.45) is 0 Å². The average molecular weight is 422 g/mol. The molecule has 0 aliphatic heterocycles. The Bertz CT molecular complexity index is 412. The normalized spacial score (nSPS) is 15.0. The van der Waals surface area contributed by atoms with Crippen molar-refractivity contribution in [1.82, 2.24) is 5.32 Å². The Morgan fingerprint density at radius 1 is 0.920 bits per heavy atom. The lowest BCUT2D eigenvalue weighted by atomic mass is 10.3. The number of carbonyl (C=O) groups is 1. The highest BCUT2D eigenvalue weighted by Gasteiger charge is 2.53. The number of hydrogen-bond acceptors (Lipinski definition) is 4. The van der Waals surface area contributed by atoms with Gasteiger partial charge in [-0.2, -0.15) is 0 Å². The largest absolute Gasteiger partial charge is 0.472 e. The van der Waals surface area contributed by atoms with E-state index in [0.29, 0.717) is 6.54 Å². The molecule has 0 heterocycles. The van der Waals surface area contributed by atoms with Crippen LogP contribution in [0.2, 0.25) is 64.5 Å². The van der Waals surface area contributed by atoms with Crippen LogP contribution in [0, 0.1) is 0 Å². The summed E-state index contributed by atoms with van der Waals surface area (Å²) < 4.78 is 20.1. The smallest absolute Gasteiger partial charge is 0.417 e. The van der Waals surface area contributed by atoms with E-state index < -0.39 is 33.8 Å². The second-order valence-electron chi connectivity index (χ2n) is 9.43. The first-order valence-electron chi connectivity index (χ1n) is 9.00. The highest BCUT2D eigenvalue weighted by atomic mass is 28.5. The van der Waals surface area contributed by atoms with Gasteiger partial charge >= 0.3 is 8.80 Å². The summed E-state index contributed by atoms with van der Waals surface area (Å²) in [6, 6.07) is 0. The van der Waals surface area contributed by atoms with Gasteiger partial charge in [0, 0.05) is 12.1 Å². The summed E-state index contributed by atoms with van der Waals surface area (Å²) in [7, 11) is -8.49. The van der Waals surface area contributed by atoms with E-state index in [9.17, 15) is 4.79 Å². The Labute approximate surface area is 159 Å². The van der Waals surface area contributed by atoms with Crippen molar-refractivity contribution in [3.8, 4) is 0 Å². The van der Waals surface area contributed by atoms with Crippen molar-refractivity contribution < 1.29 is 17.1 Å². The SMILES string of the molecule is C=CC(=O)NCCC(C)[Si](O[Si](C)(C)C)(O[Si](C)(C)C)O[Si](C)(C)C. The zero-order chi connectivity index (χ0) is 20.1. The third-order valence-electron chi connectivity index (χ3n) is 3.01. The van der Waals surface area contributed by atoms with Crippen LogP contribution in [0.15, 0.2) is 12.7 Å². The summed E-state index contributed by atoms with van der Waals surface area (Å²) in [6.07, 6.45) is 2.07. The van der Waals surface area contributed by atoms with Gasteiger partial charge in [0.05, 0.1) is 0 Å². The summed E-state index contributed by atoms with van der Waals surface area (Å²) in [5, 5.41) is 2.86. The van der Waals surface area contributed by atoms with Crippen molar-refractivity contribution in [3.05, 3.63) is 12.7 Å². The third-order valence-corrected chi connectivity index (χ3v) is 15.3. The number of carbonyl (C=O) groups excluding carboxylic acids is 1. The molecule has 0 rings (SSSR count). The first-order valence-corrected chi connectivity index (χ1v) is 21.0. The fourth-order valence-electron chi connectivity index (χ4n) is 2.31. The van der Waals surface area contributed by atoms with Crippen LogP contribution in [0.3, 0.4) is 0 Å². The topological polar surface area (TPSA) is 56.8 Å². The summed E-state index contributed by atoms with van der Waals surface area (Å²) >= 11 is 0. The van der Waals surface area contributed by atoms with Crippen LogP contribution in [-0.4, -0.2) is 46.2 Å². The molecule has 148 valence electrons. The van der Waals surface area contributed by atoms with E-state index in [2.05, 4.69) is 77.7 Å². The fourth-order valence-corrected chi connectivity index (χ4v) is 17.1. The fraction of sp³-hybridized carbons (Fsp3) is 0.812. The summed E-state index contributed by atoms with van der Waals surface area (Å²) in [5.74, 6) is -0.150. The van der Waals surface area contributed by atoms with Gasteiger partial charge in [0.25, 0.3) is 0 Å². The standard InChI is InChI=1S/C16H39NO4Si4/c1-12-16(18)17-14-13-15(2)25(19-22(3,4)5,20-23(6,7)8)21-24(9,10)11/h12,15H,1,13-14H2,2-11H3,(H,17,18). The molecule has 5 nitrogen and oxygen atoms in total. The molecule has 0 aromatic heterocycles. The van der Waals surface area contributed by atoms with Crippen molar-refractivity contribution in [3.63, 3.8) is 0 Å². The molecule has 1 N–H and O–H groups in total. The molecule has 25 heavy (non-hydrogen) atoms. The molecule has 1 amide bonds. The van der Waals surface area contributed by atoms with Gasteiger partial charge in [-0.3, -0.25) is 4.79 Å². The molecule has 0 saturated heterocycles. The van der Waals surface area contributed by atoms with Gasteiger partial charge in [-0.15, -0.1) is 0 Å². The zero-order valence-corrected chi connectivity index (χ0v) is 21.9. The van der Waals surface area contributed by atoms with E-state index in [4.69, 9.17) is 12.3 Å². The van der Waals surface area contributed by atoms with Crippen molar-refractivity contribution >= 4 is 39.7 Å². The molecule has 0 aliphatic rings. The van der Waals surface area contributed by atoms with Crippen LogP contribution in [-0.2, 0) is 17.1 Å². The van der Waals surface area contributed by atoms with Gasteiger partial charge in [0.15, 0.2) is 25.0 Å². The predicted molar refractivity (Wildman–Crippen MR) is 116 cm³/mol. The molecule has 1 unspecified atom stereocenters. The first-order chi connectivity index (χ1) is 11.0. The molecule has 0 spiro atoms. The van der Waals surface area contributed by atoms with Crippen LogP contribution in [0.25, 0.3) is 0 Å². The molecule has 0 radical (unpaired) electrons. The Morgan fingerprint density at radius 3 is 1.56 bits per heavy atom. The van der Waals surface area contributed by atoms with Gasteiger partial charge in [-0.1, -0.05) is 13.5 Å². The van der Waals surface area contributed by atoms with Gasteiger partial charge in [0.1, 0.15) is 0 Å². The Balaban J connectivity index is 5.61. The quantitative estimate of drug-likeness (QED) is 0.392. The van der Waals surface area contributed by atoms with E-state index in [1.165, 1.54) is 6.08 Å². The lowest BCUT2D eigenvalue weighted by molar-refractivity contribution is -0.116. The number of nitrogens with one attached hydrogen (secondary N) is 1. The highest BCUT2D eigenvalue weighted by molar-refractivity contribution is 6.90. The lowest BCUT2D eigenvalue weighted by Gasteiger charge is -2.45. The molecule has 0 aliphatic carbocycles. The van der Waals surface area contributed by atoms with Crippen molar-refractivity contribution in [1.29, 1.82) is 0 Å². The molecular formula is C16H39NO4Si4. The molecular weight excluding hydrogens is 383 g/mol. The van der Waals surface area contributed by atoms with Crippen LogP contribution in [0.5, 0.6) is 0 Å². The summed E-state index contributed by atoms with van der Waals surface area (Å²) in [5.41, 5.74) is 0.128. The monoisotopic (exact) mass is 421 g/mol. The molecule has 9 heteroatoms. The molecule has 0 fully saturated rings. The second kappa shape index (κ2) is 9.24. The van der Waals surface area contributed by atoms with Crippen LogP contribution < -0.4 is 5.32 Å². The number of amides is 1. The Morgan fingerprint density at radius 2 is 1.28 bits per heavy atom. The van der Waals surface area contributed by atoms with Crippen molar-refractivity contribution in [2.45, 2.75) is 77.8 Å². The molecule has 0 aromatic carbocycles. The second-order valence-corrected chi connectivity index (χ2v) is 26.7. The predicted octanol–water partition coefficient (Wildman–Crippen LogP) is 4.56. The minimum atomic E-state index is -2.88. The maximum atomic E-state index is 11.4. The summed E-state index contributed by atoms with van der Waals surface area (Å²) in [4.78, 5) is 11.4. The highest BCUT2D eigenvalue weighted by Crippen LogP contribution is 2.36.